The van der Waals surface area contributed by atoms with E-state index in [0.29, 0.717) is 23.0 Å². The molecule has 0 spiro atoms. The fourth-order valence-electron chi connectivity index (χ4n) is 1.71. The normalized spacial score (nSPS) is 10.4. The summed E-state index contributed by atoms with van der Waals surface area (Å²) < 4.78 is 6.67. The Hall–Kier alpha value is -1.54. The molecule has 2 rings (SSSR count). The van der Waals surface area contributed by atoms with E-state index < -0.39 is 0 Å². The molecule has 0 bridgehead atoms. The number of methoxy groups -OCH3 is 1. The smallest absolute Gasteiger partial charge is 0.137 e. The molecule has 0 atom stereocenters. The molecule has 0 amide bonds. The molecule has 1 aromatic heterocycles. The molecular weight excluding hydrogens is 285 g/mol. The maximum Gasteiger partial charge on any atom is 0.137 e. The predicted molar refractivity (Wildman–Crippen MR) is 73.6 cm³/mol. The minimum Gasteiger partial charge on any atom is -0.378 e. The standard InChI is InChI=1S/C13H11Cl2N3O/c1-19-8-12-11(6-14)13(15)18(17-12)10-4-2-9(7-16)3-5-10/h2-5H,6,8H2,1H3. The molecule has 0 unspecified atom stereocenters. The van der Waals surface area contributed by atoms with Gasteiger partial charge < -0.3 is 4.74 Å². The van der Waals surface area contributed by atoms with Crippen molar-refractivity contribution >= 4 is 23.2 Å². The Morgan fingerprint density at radius 1 is 1.37 bits per heavy atom. The quantitative estimate of drug-likeness (QED) is 0.813. The second-order valence-electron chi connectivity index (χ2n) is 3.85. The largest absolute Gasteiger partial charge is 0.378 e. The molecule has 0 aliphatic carbocycles. The van der Waals surface area contributed by atoms with Gasteiger partial charge in [0.2, 0.25) is 0 Å². The average Bonchev–Trinajstić information content (AvgIpc) is 2.75. The van der Waals surface area contributed by atoms with E-state index in [1.54, 1.807) is 36.1 Å². The highest BCUT2D eigenvalue weighted by atomic mass is 35.5. The van der Waals surface area contributed by atoms with E-state index in [0.717, 1.165) is 11.3 Å². The summed E-state index contributed by atoms with van der Waals surface area (Å²) in [7, 11) is 1.59. The lowest BCUT2D eigenvalue weighted by Crippen LogP contribution is -1.98. The number of aromatic nitrogens is 2. The Bertz CT molecular complexity index is 614. The number of hydrogen-bond donors (Lipinski definition) is 0. The molecule has 6 heteroatoms. The van der Waals surface area contributed by atoms with Crippen LogP contribution in [-0.2, 0) is 17.2 Å². The van der Waals surface area contributed by atoms with Crippen molar-refractivity contribution in [2.24, 2.45) is 0 Å². The van der Waals surface area contributed by atoms with E-state index in [4.69, 9.17) is 33.2 Å². The van der Waals surface area contributed by atoms with Crippen LogP contribution in [0.25, 0.3) is 5.69 Å². The third kappa shape index (κ3) is 2.74. The van der Waals surface area contributed by atoms with Crippen LogP contribution in [0.1, 0.15) is 16.8 Å². The Balaban J connectivity index is 2.46. The van der Waals surface area contributed by atoms with Crippen LogP contribution in [-0.4, -0.2) is 16.9 Å². The number of benzene rings is 1. The summed E-state index contributed by atoms with van der Waals surface area (Å²) >= 11 is 12.2. The summed E-state index contributed by atoms with van der Waals surface area (Å²) in [6.45, 7) is 0.352. The van der Waals surface area contributed by atoms with Gasteiger partial charge in [-0.1, -0.05) is 11.6 Å². The summed E-state index contributed by atoms with van der Waals surface area (Å²) in [5, 5.41) is 13.6. The summed E-state index contributed by atoms with van der Waals surface area (Å²) in [5.74, 6) is 0.272. The van der Waals surface area contributed by atoms with Gasteiger partial charge in [-0.25, -0.2) is 4.68 Å². The molecule has 4 nitrogen and oxygen atoms in total. The van der Waals surface area contributed by atoms with E-state index >= 15 is 0 Å². The third-order valence-corrected chi connectivity index (χ3v) is 3.32. The first kappa shape index (κ1) is 13.9. The van der Waals surface area contributed by atoms with Gasteiger partial charge in [-0.05, 0) is 24.3 Å². The summed E-state index contributed by atoms with van der Waals surface area (Å²) in [4.78, 5) is 0. The zero-order chi connectivity index (χ0) is 13.8. The van der Waals surface area contributed by atoms with E-state index in [2.05, 4.69) is 11.2 Å². The van der Waals surface area contributed by atoms with E-state index in [9.17, 15) is 0 Å². The number of rotatable bonds is 4. The summed E-state index contributed by atoms with van der Waals surface area (Å²) in [6, 6.07) is 9.06. The first-order chi connectivity index (χ1) is 9.21. The second-order valence-corrected chi connectivity index (χ2v) is 4.48. The van der Waals surface area contributed by atoms with Crippen LogP contribution < -0.4 is 0 Å². The second kappa shape index (κ2) is 6.07. The fourth-order valence-corrected chi connectivity index (χ4v) is 2.37. The number of nitriles is 1. The topological polar surface area (TPSA) is 50.8 Å². The Morgan fingerprint density at radius 3 is 2.58 bits per heavy atom. The van der Waals surface area contributed by atoms with Gasteiger partial charge in [0.1, 0.15) is 5.15 Å². The number of hydrogen-bond acceptors (Lipinski definition) is 3. The highest BCUT2D eigenvalue weighted by Gasteiger charge is 2.16. The van der Waals surface area contributed by atoms with Crippen LogP contribution >= 0.6 is 23.2 Å². The van der Waals surface area contributed by atoms with Crippen molar-refractivity contribution in [1.82, 2.24) is 9.78 Å². The SMILES string of the molecule is COCc1nn(-c2ccc(C#N)cc2)c(Cl)c1CCl. The van der Waals surface area contributed by atoms with Crippen molar-refractivity contribution in [3.8, 4) is 11.8 Å². The Kier molecular flexibility index (Phi) is 4.43. The van der Waals surface area contributed by atoms with Crippen LogP contribution in [0.3, 0.4) is 0 Å². The van der Waals surface area contributed by atoms with Crippen LogP contribution in [0.5, 0.6) is 0 Å². The van der Waals surface area contributed by atoms with Gasteiger partial charge in [0.25, 0.3) is 0 Å². The molecule has 1 aromatic carbocycles. The maximum atomic E-state index is 8.78. The molecule has 0 fully saturated rings. The van der Waals surface area contributed by atoms with Crippen molar-refractivity contribution in [1.29, 1.82) is 5.26 Å². The van der Waals surface area contributed by atoms with Crippen molar-refractivity contribution in [2.75, 3.05) is 7.11 Å². The lowest BCUT2D eigenvalue weighted by atomic mass is 10.2. The molecular formula is C13H11Cl2N3O. The van der Waals surface area contributed by atoms with Gasteiger partial charge in [-0.2, -0.15) is 10.4 Å². The molecule has 0 radical (unpaired) electrons. The van der Waals surface area contributed by atoms with E-state index in [1.807, 2.05) is 0 Å². The molecule has 98 valence electrons. The molecule has 2 aromatic rings. The monoisotopic (exact) mass is 295 g/mol. The Labute approximate surface area is 121 Å². The Morgan fingerprint density at radius 2 is 2.05 bits per heavy atom. The molecule has 0 N–H and O–H groups in total. The zero-order valence-corrected chi connectivity index (χ0v) is 11.7. The number of halogens is 2. The average molecular weight is 296 g/mol. The molecule has 0 aliphatic heterocycles. The molecule has 19 heavy (non-hydrogen) atoms. The van der Waals surface area contributed by atoms with Gasteiger partial charge in [0.05, 0.1) is 35.5 Å². The van der Waals surface area contributed by atoms with Gasteiger partial charge in [0, 0.05) is 12.7 Å². The molecule has 1 heterocycles. The minimum absolute atomic E-state index is 0.272. The van der Waals surface area contributed by atoms with Gasteiger partial charge in [-0.3, -0.25) is 0 Å². The zero-order valence-electron chi connectivity index (χ0n) is 10.2. The summed E-state index contributed by atoms with van der Waals surface area (Å²) in [6.07, 6.45) is 0. The first-order valence-corrected chi connectivity index (χ1v) is 6.44. The predicted octanol–water partition coefficient (Wildman–Crippen LogP) is 3.28. The van der Waals surface area contributed by atoms with E-state index in [-0.39, 0.29) is 5.88 Å². The molecule has 0 saturated carbocycles. The highest BCUT2D eigenvalue weighted by molar-refractivity contribution is 6.31. The van der Waals surface area contributed by atoms with Crippen LogP contribution in [0, 0.1) is 11.3 Å². The van der Waals surface area contributed by atoms with Crippen LogP contribution in [0.15, 0.2) is 24.3 Å². The van der Waals surface area contributed by atoms with Crippen molar-refractivity contribution in [3.05, 3.63) is 46.2 Å². The molecule has 0 saturated heterocycles. The van der Waals surface area contributed by atoms with Gasteiger partial charge >= 0.3 is 0 Å². The van der Waals surface area contributed by atoms with Gasteiger partial charge in [-0.15, -0.1) is 11.6 Å². The number of ether oxygens (including phenoxy) is 1. The molecule has 0 aliphatic rings. The minimum atomic E-state index is 0.272. The number of alkyl halides is 1. The highest BCUT2D eigenvalue weighted by Crippen LogP contribution is 2.26. The van der Waals surface area contributed by atoms with Crippen LogP contribution in [0.4, 0.5) is 0 Å². The third-order valence-electron chi connectivity index (χ3n) is 2.66. The fraction of sp³-hybridized carbons (Fsp3) is 0.231. The van der Waals surface area contributed by atoms with E-state index in [1.165, 1.54) is 0 Å². The van der Waals surface area contributed by atoms with Crippen molar-refractivity contribution < 1.29 is 4.74 Å². The first-order valence-electron chi connectivity index (χ1n) is 5.53. The maximum absolute atomic E-state index is 8.78. The summed E-state index contributed by atoms with van der Waals surface area (Å²) in [5.41, 5.74) is 2.83. The van der Waals surface area contributed by atoms with Gasteiger partial charge in [0.15, 0.2) is 0 Å². The number of nitrogens with zero attached hydrogens (tertiary/aromatic N) is 3. The van der Waals surface area contributed by atoms with Crippen LogP contribution in [0.2, 0.25) is 5.15 Å². The van der Waals surface area contributed by atoms with Crippen molar-refractivity contribution in [2.45, 2.75) is 12.5 Å². The lowest BCUT2D eigenvalue weighted by Gasteiger charge is -2.02. The lowest BCUT2D eigenvalue weighted by molar-refractivity contribution is 0.180. The van der Waals surface area contributed by atoms with Crippen molar-refractivity contribution in [3.63, 3.8) is 0 Å².